The Morgan fingerprint density at radius 1 is 1.00 bits per heavy atom. The molecule has 5 rings (SSSR count). The van der Waals surface area contributed by atoms with Gasteiger partial charge in [-0.05, 0) is 92.5 Å². The van der Waals surface area contributed by atoms with Crippen LogP contribution in [0.3, 0.4) is 0 Å². The van der Waals surface area contributed by atoms with Crippen LogP contribution in [0.2, 0.25) is 0 Å². The predicted molar refractivity (Wildman–Crippen MR) is 160 cm³/mol. The largest absolute Gasteiger partial charge is 0.469 e. The number of H-pyrrole nitrogens is 1. The van der Waals surface area contributed by atoms with E-state index in [0.717, 1.165) is 74.8 Å². The second-order valence-electron chi connectivity index (χ2n) is 10.7. The summed E-state index contributed by atoms with van der Waals surface area (Å²) in [5.41, 5.74) is 10.9. The monoisotopic (exact) mass is 552 g/mol. The summed E-state index contributed by atoms with van der Waals surface area (Å²) in [6.07, 6.45) is 14.0. The van der Waals surface area contributed by atoms with Gasteiger partial charge in [-0.3, -0.25) is 14.4 Å². The average molecular weight is 553 g/mol. The topological polar surface area (TPSA) is 113 Å². The highest BCUT2D eigenvalue weighted by molar-refractivity contribution is 6.11. The number of hydrogen-bond donors (Lipinski definition) is 3. The number of amides is 2. The summed E-state index contributed by atoms with van der Waals surface area (Å²) < 4.78 is 4.91. The molecule has 0 aliphatic carbocycles. The molecule has 4 aliphatic rings. The zero-order valence-electron chi connectivity index (χ0n) is 24.1. The van der Waals surface area contributed by atoms with Crippen molar-refractivity contribution in [1.82, 2.24) is 15.6 Å². The average Bonchev–Trinajstić information content (AvgIpc) is 3.63. The van der Waals surface area contributed by atoms with Gasteiger partial charge in [-0.1, -0.05) is 26.0 Å². The molecule has 0 fully saturated rings. The number of esters is 1. The zero-order valence-corrected chi connectivity index (χ0v) is 24.1. The molecule has 8 nitrogen and oxygen atoms in total. The van der Waals surface area contributed by atoms with Crippen LogP contribution in [0.4, 0.5) is 0 Å². The summed E-state index contributed by atoms with van der Waals surface area (Å²) in [5.74, 6) is -0.525. The molecule has 0 saturated carbocycles. The molecule has 1 aromatic rings. The van der Waals surface area contributed by atoms with Gasteiger partial charge in [0.2, 0.25) is 0 Å². The van der Waals surface area contributed by atoms with Gasteiger partial charge in [0.15, 0.2) is 0 Å². The summed E-state index contributed by atoms with van der Waals surface area (Å²) >= 11 is 0. The van der Waals surface area contributed by atoms with Gasteiger partial charge in [0.25, 0.3) is 11.8 Å². The van der Waals surface area contributed by atoms with Crippen LogP contribution in [0, 0.1) is 6.92 Å². The number of aromatic nitrogens is 1. The van der Waals surface area contributed by atoms with Crippen molar-refractivity contribution >= 4 is 35.6 Å². The number of carbonyl (C=O) groups excluding carboxylic acids is 3. The molecule has 8 bridgehead atoms. The molecule has 3 N–H and O–H groups in total. The van der Waals surface area contributed by atoms with Crippen LogP contribution in [-0.2, 0) is 25.5 Å². The van der Waals surface area contributed by atoms with E-state index in [1.165, 1.54) is 7.11 Å². The maximum atomic E-state index is 13.0. The molecular formula is C33H36N4O4. The van der Waals surface area contributed by atoms with Gasteiger partial charge in [-0.25, -0.2) is 4.99 Å². The van der Waals surface area contributed by atoms with E-state index in [-0.39, 0.29) is 24.2 Å². The lowest BCUT2D eigenvalue weighted by Crippen LogP contribution is -2.17. The van der Waals surface area contributed by atoms with Crippen molar-refractivity contribution in [2.24, 2.45) is 4.99 Å². The van der Waals surface area contributed by atoms with Gasteiger partial charge in [0.1, 0.15) is 0 Å². The Morgan fingerprint density at radius 3 is 2.46 bits per heavy atom. The number of aliphatic imine (C=N–C) groups is 1. The molecular weight excluding hydrogens is 516 g/mol. The van der Waals surface area contributed by atoms with Gasteiger partial charge < -0.3 is 20.4 Å². The number of methoxy groups -OCH3 is 1. The van der Waals surface area contributed by atoms with E-state index in [1.54, 1.807) is 6.08 Å². The Labute approximate surface area is 240 Å². The molecule has 0 aromatic carbocycles. The van der Waals surface area contributed by atoms with Gasteiger partial charge >= 0.3 is 5.97 Å². The van der Waals surface area contributed by atoms with Crippen molar-refractivity contribution in [3.8, 4) is 0 Å². The molecule has 1 aromatic heterocycles. The Balaban J connectivity index is 1.69. The Morgan fingerprint density at radius 2 is 1.73 bits per heavy atom. The quantitative estimate of drug-likeness (QED) is 0.409. The third kappa shape index (κ3) is 5.46. The third-order valence-corrected chi connectivity index (χ3v) is 8.11. The smallest absolute Gasteiger partial charge is 0.305 e. The van der Waals surface area contributed by atoms with Crippen molar-refractivity contribution in [1.29, 1.82) is 0 Å². The van der Waals surface area contributed by atoms with Gasteiger partial charge in [-0.15, -0.1) is 0 Å². The molecule has 212 valence electrons. The lowest BCUT2D eigenvalue weighted by molar-refractivity contribution is -0.140. The van der Waals surface area contributed by atoms with Crippen LogP contribution in [0.5, 0.6) is 0 Å². The molecule has 0 spiro atoms. The van der Waals surface area contributed by atoms with Crippen molar-refractivity contribution in [2.75, 3.05) is 7.11 Å². The zero-order chi connectivity index (χ0) is 29.3. The number of aromatic amines is 1. The lowest BCUT2D eigenvalue weighted by Gasteiger charge is -2.05. The second kappa shape index (κ2) is 11.6. The van der Waals surface area contributed by atoms with E-state index in [4.69, 9.17) is 9.73 Å². The second-order valence-corrected chi connectivity index (χ2v) is 10.7. The Kier molecular flexibility index (Phi) is 7.92. The van der Waals surface area contributed by atoms with E-state index in [2.05, 4.69) is 35.2 Å². The van der Waals surface area contributed by atoms with E-state index in [9.17, 15) is 14.4 Å². The highest BCUT2D eigenvalue weighted by Crippen LogP contribution is 2.34. The standard InChI is InChI=1S/C33H36N4O4/c1-6-9-20-14-21-15-26-19(4)24(32(39)36-26)10-8-11-25-22(7-2)29(37-33(25)40)16-27-18(3)23(12-13-31(38)41-5)30(35-27)17-28(20)34-21/h7,14-17,35H,2,6,8-13H2,1,3-5H3,(H,36,39)(H,37,40)/b26-15-,28-17-,29-16-. The first-order valence-corrected chi connectivity index (χ1v) is 14.2. The van der Waals surface area contributed by atoms with Crippen LogP contribution in [0.25, 0.3) is 12.2 Å². The molecule has 2 amide bonds. The third-order valence-electron chi connectivity index (χ3n) is 8.11. The van der Waals surface area contributed by atoms with Crippen LogP contribution in [0.1, 0.15) is 74.9 Å². The van der Waals surface area contributed by atoms with Crippen LogP contribution >= 0.6 is 0 Å². The van der Waals surface area contributed by atoms with Gasteiger partial charge in [0, 0.05) is 40.2 Å². The van der Waals surface area contributed by atoms with Crippen molar-refractivity contribution < 1.29 is 19.1 Å². The lowest BCUT2D eigenvalue weighted by atomic mass is 9.98. The first-order chi connectivity index (χ1) is 19.7. The fourth-order valence-corrected chi connectivity index (χ4v) is 5.85. The first kappa shape index (κ1) is 28.1. The van der Waals surface area contributed by atoms with Crippen molar-refractivity contribution in [3.63, 3.8) is 0 Å². The first-order valence-electron chi connectivity index (χ1n) is 14.2. The minimum Gasteiger partial charge on any atom is -0.469 e. The Hall–Kier alpha value is -4.46. The predicted octanol–water partition coefficient (Wildman–Crippen LogP) is 5.42. The molecule has 0 unspecified atom stereocenters. The van der Waals surface area contributed by atoms with E-state index < -0.39 is 0 Å². The SMILES string of the molecule is C=CC1=C2CCCC3=C(C)/C(=C/C4=NC(=C\c5[nH]c(c(C)c5CCC(=O)OC)/C=C/1NC2=O)/C(CCC)=C4)NC3=O. The molecule has 0 radical (unpaired) electrons. The maximum absolute atomic E-state index is 13.0. The van der Waals surface area contributed by atoms with Gasteiger partial charge in [-0.2, -0.15) is 0 Å². The van der Waals surface area contributed by atoms with E-state index in [1.807, 2.05) is 32.1 Å². The fraction of sp³-hybridized carbons (Fsp3) is 0.333. The number of carbonyl (C=O) groups is 3. The highest BCUT2D eigenvalue weighted by atomic mass is 16.5. The molecule has 0 atom stereocenters. The number of hydrogen-bond acceptors (Lipinski definition) is 5. The van der Waals surface area contributed by atoms with Crippen molar-refractivity contribution in [2.45, 2.75) is 65.7 Å². The molecule has 8 heteroatoms. The molecule has 41 heavy (non-hydrogen) atoms. The normalized spacial score (nSPS) is 22.4. The van der Waals surface area contributed by atoms with Crippen LogP contribution in [0.15, 0.2) is 74.8 Å². The number of ether oxygens (including phenoxy) is 1. The fourth-order valence-electron chi connectivity index (χ4n) is 5.85. The summed E-state index contributed by atoms with van der Waals surface area (Å²) in [5, 5.41) is 6.02. The molecule has 4 aliphatic heterocycles. The van der Waals surface area contributed by atoms with E-state index >= 15 is 0 Å². The minimum atomic E-state index is -0.278. The number of rotatable bonds is 6. The summed E-state index contributed by atoms with van der Waals surface area (Å²) in [7, 11) is 1.39. The summed E-state index contributed by atoms with van der Waals surface area (Å²) in [4.78, 5) is 46.4. The van der Waals surface area contributed by atoms with Gasteiger partial charge in [0.05, 0.1) is 24.2 Å². The van der Waals surface area contributed by atoms with E-state index in [0.29, 0.717) is 37.0 Å². The number of fused-ring (bicyclic) bond motifs is 5. The maximum Gasteiger partial charge on any atom is 0.305 e. The number of allylic oxidation sites excluding steroid dienone is 5. The molecule has 0 saturated heterocycles. The van der Waals surface area contributed by atoms with Crippen molar-refractivity contribution in [3.05, 3.63) is 92.3 Å². The summed E-state index contributed by atoms with van der Waals surface area (Å²) in [6.45, 7) is 10.1. The number of nitrogens with zero attached hydrogens (tertiary/aromatic N) is 1. The molecule has 5 heterocycles. The van der Waals surface area contributed by atoms with Crippen LogP contribution in [-0.4, -0.2) is 35.6 Å². The minimum absolute atomic E-state index is 0.0995. The van der Waals surface area contributed by atoms with Crippen LogP contribution < -0.4 is 10.6 Å². The summed E-state index contributed by atoms with van der Waals surface area (Å²) in [6, 6.07) is 0. The number of nitrogens with one attached hydrogen (secondary N) is 3. The Bertz CT molecular complexity index is 1590. The highest BCUT2D eigenvalue weighted by Gasteiger charge is 2.28.